The summed E-state index contributed by atoms with van der Waals surface area (Å²) in [5, 5.41) is 10.8. The van der Waals surface area contributed by atoms with Gasteiger partial charge in [0.2, 0.25) is 0 Å². The fourth-order valence-electron chi connectivity index (χ4n) is 1.34. The molecule has 0 saturated carbocycles. The molecular formula is C11H13NO5. The maximum absolute atomic E-state index is 10.8. The minimum Gasteiger partial charge on any atom is -0.490 e. The van der Waals surface area contributed by atoms with Gasteiger partial charge in [-0.25, -0.2) is 0 Å². The van der Waals surface area contributed by atoms with E-state index in [4.69, 9.17) is 14.2 Å². The Morgan fingerprint density at radius 2 is 2.29 bits per heavy atom. The number of benzene rings is 1. The molecule has 1 fully saturated rings. The molecular weight excluding hydrogens is 226 g/mol. The van der Waals surface area contributed by atoms with Gasteiger partial charge in [-0.1, -0.05) is 0 Å². The van der Waals surface area contributed by atoms with E-state index >= 15 is 0 Å². The monoisotopic (exact) mass is 239 g/mol. The van der Waals surface area contributed by atoms with Crippen LogP contribution in [-0.4, -0.2) is 30.8 Å². The molecule has 0 aliphatic carbocycles. The molecule has 1 aliphatic heterocycles. The van der Waals surface area contributed by atoms with E-state index in [1.54, 1.807) is 6.07 Å². The predicted octanol–water partition coefficient (Wildman–Crippen LogP) is 1.77. The van der Waals surface area contributed by atoms with Crippen molar-refractivity contribution < 1.29 is 19.1 Å². The third-order valence-corrected chi connectivity index (χ3v) is 2.53. The number of nitro benzene ring substituents is 1. The van der Waals surface area contributed by atoms with Crippen LogP contribution >= 0.6 is 0 Å². The van der Waals surface area contributed by atoms with Crippen molar-refractivity contribution in [2.24, 2.45) is 0 Å². The lowest BCUT2D eigenvalue weighted by atomic mass is 10.2. The number of methoxy groups -OCH3 is 1. The molecule has 2 rings (SSSR count). The molecule has 0 N–H and O–H groups in total. The SMILES string of the molecule is COc1ccc(OCC2(C)CO2)cc1[N+](=O)[O-]. The van der Waals surface area contributed by atoms with Crippen molar-refractivity contribution in [3.05, 3.63) is 28.3 Å². The van der Waals surface area contributed by atoms with Crippen LogP contribution in [0.5, 0.6) is 11.5 Å². The number of ether oxygens (including phenoxy) is 3. The van der Waals surface area contributed by atoms with Gasteiger partial charge in [0.15, 0.2) is 5.75 Å². The van der Waals surface area contributed by atoms with Crippen molar-refractivity contribution in [3.63, 3.8) is 0 Å². The number of rotatable bonds is 5. The number of epoxide rings is 1. The molecule has 0 radical (unpaired) electrons. The highest BCUT2D eigenvalue weighted by atomic mass is 16.6. The van der Waals surface area contributed by atoms with Crippen molar-refractivity contribution in [1.82, 2.24) is 0 Å². The maximum atomic E-state index is 10.8. The van der Waals surface area contributed by atoms with Gasteiger partial charge < -0.3 is 14.2 Å². The highest BCUT2D eigenvalue weighted by Gasteiger charge is 2.40. The highest BCUT2D eigenvalue weighted by molar-refractivity contribution is 5.50. The largest absolute Gasteiger partial charge is 0.490 e. The zero-order chi connectivity index (χ0) is 12.5. The second-order valence-electron chi connectivity index (χ2n) is 4.12. The highest BCUT2D eigenvalue weighted by Crippen LogP contribution is 2.32. The summed E-state index contributed by atoms with van der Waals surface area (Å²) in [7, 11) is 1.39. The summed E-state index contributed by atoms with van der Waals surface area (Å²) in [5.41, 5.74) is -0.346. The standard InChI is InChI=1S/C11H13NO5/c1-11(7-17-11)6-16-8-3-4-10(15-2)9(5-8)12(13)14/h3-5H,6-7H2,1-2H3. The van der Waals surface area contributed by atoms with Crippen LogP contribution in [0.4, 0.5) is 5.69 Å². The molecule has 0 spiro atoms. The normalized spacial score (nSPS) is 22.0. The van der Waals surface area contributed by atoms with E-state index in [-0.39, 0.29) is 17.0 Å². The minimum atomic E-state index is -0.499. The lowest BCUT2D eigenvalue weighted by Gasteiger charge is -2.09. The Kier molecular flexibility index (Phi) is 2.89. The molecule has 1 atom stereocenters. The average molecular weight is 239 g/mol. The summed E-state index contributed by atoms with van der Waals surface area (Å²) < 4.78 is 15.5. The molecule has 0 amide bonds. The zero-order valence-electron chi connectivity index (χ0n) is 9.63. The summed E-state index contributed by atoms with van der Waals surface area (Å²) in [6.07, 6.45) is 0. The zero-order valence-corrected chi connectivity index (χ0v) is 9.63. The number of hydrogen-bond acceptors (Lipinski definition) is 5. The predicted molar refractivity (Wildman–Crippen MR) is 59.5 cm³/mol. The molecule has 1 aliphatic rings. The molecule has 6 nitrogen and oxygen atoms in total. The van der Waals surface area contributed by atoms with E-state index in [2.05, 4.69) is 0 Å². The lowest BCUT2D eigenvalue weighted by Crippen LogP contribution is -2.16. The van der Waals surface area contributed by atoms with Crippen LogP contribution in [0, 0.1) is 10.1 Å². The van der Waals surface area contributed by atoms with Crippen molar-refractivity contribution in [1.29, 1.82) is 0 Å². The topological polar surface area (TPSA) is 74.1 Å². The van der Waals surface area contributed by atoms with Gasteiger partial charge >= 0.3 is 5.69 Å². The quantitative estimate of drug-likeness (QED) is 0.444. The Bertz CT molecular complexity index is 441. The van der Waals surface area contributed by atoms with Crippen LogP contribution in [0.15, 0.2) is 18.2 Å². The van der Waals surface area contributed by atoms with Gasteiger partial charge in [-0.05, 0) is 19.1 Å². The van der Waals surface area contributed by atoms with Gasteiger partial charge in [0, 0.05) is 0 Å². The molecule has 1 aromatic carbocycles. The number of nitro groups is 1. The second kappa shape index (κ2) is 4.21. The molecule has 17 heavy (non-hydrogen) atoms. The van der Waals surface area contributed by atoms with E-state index in [0.717, 1.165) is 0 Å². The summed E-state index contributed by atoms with van der Waals surface area (Å²) >= 11 is 0. The second-order valence-corrected chi connectivity index (χ2v) is 4.12. The van der Waals surface area contributed by atoms with Gasteiger partial charge in [0.1, 0.15) is 18.0 Å². The summed E-state index contributed by atoms with van der Waals surface area (Å²) in [5.74, 6) is 0.658. The Hall–Kier alpha value is -1.82. The van der Waals surface area contributed by atoms with Gasteiger partial charge in [-0.15, -0.1) is 0 Å². The first-order valence-corrected chi connectivity index (χ1v) is 5.13. The van der Waals surface area contributed by atoms with Crippen LogP contribution in [0.3, 0.4) is 0 Å². The fraction of sp³-hybridized carbons (Fsp3) is 0.455. The summed E-state index contributed by atoms with van der Waals surface area (Å²) in [6, 6.07) is 4.51. The summed E-state index contributed by atoms with van der Waals surface area (Å²) in [6.45, 7) is 2.96. The van der Waals surface area contributed by atoms with Crippen LogP contribution in [0.25, 0.3) is 0 Å². The van der Waals surface area contributed by atoms with E-state index < -0.39 is 4.92 Å². The Labute approximate surface area is 98.2 Å². The first-order valence-electron chi connectivity index (χ1n) is 5.13. The number of hydrogen-bond donors (Lipinski definition) is 0. The van der Waals surface area contributed by atoms with E-state index in [0.29, 0.717) is 19.0 Å². The van der Waals surface area contributed by atoms with Crippen molar-refractivity contribution in [2.75, 3.05) is 20.3 Å². The van der Waals surface area contributed by atoms with Gasteiger partial charge in [-0.3, -0.25) is 10.1 Å². The van der Waals surface area contributed by atoms with Crippen LogP contribution in [-0.2, 0) is 4.74 Å². The fourth-order valence-corrected chi connectivity index (χ4v) is 1.34. The van der Waals surface area contributed by atoms with E-state index in [1.165, 1.54) is 19.2 Å². The van der Waals surface area contributed by atoms with Gasteiger partial charge in [-0.2, -0.15) is 0 Å². The Morgan fingerprint density at radius 1 is 1.59 bits per heavy atom. The minimum absolute atomic E-state index is 0.105. The third-order valence-electron chi connectivity index (χ3n) is 2.53. The Balaban J connectivity index is 2.12. The van der Waals surface area contributed by atoms with E-state index in [1.807, 2.05) is 6.92 Å². The van der Waals surface area contributed by atoms with Gasteiger partial charge in [0.05, 0.1) is 24.7 Å². The van der Waals surface area contributed by atoms with Crippen LogP contribution in [0.2, 0.25) is 0 Å². The van der Waals surface area contributed by atoms with Crippen LogP contribution in [0.1, 0.15) is 6.92 Å². The smallest absolute Gasteiger partial charge is 0.314 e. The Morgan fingerprint density at radius 3 is 2.82 bits per heavy atom. The van der Waals surface area contributed by atoms with Gasteiger partial charge in [0.25, 0.3) is 0 Å². The summed E-state index contributed by atoms with van der Waals surface area (Å²) in [4.78, 5) is 10.3. The number of nitrogens with zero attached hydrogens (tertiary/aromatic N) is 1. The maximum Gasteiger partial charge on any atom is 0.314 e. The molecule has 6 heteroatoms. The van der Waals surface area contributed by atoms with Crippen LogP contribution < -0.4 is 9.47 Å². The first-order chi connectivity index (χ1) is 8.04. The molecule has 1 saturated heterocycles. The molecule has 0 bridgehead atoms. The molecule has 0 aromatic heterocycles. The van der Waals surface area contributed by atoms with Crippen molar-refractivity contribution in [3.8, 4) is 11.5 Å². The first kappa shape index (κ1) is 11.7. The third kappa shape index (κ3) is 2.65. The molecule has 1 unspecified atom stereocenters. The lowest BCUT2D eigenvalue weighted by molar-refractivity contribution is -0.385. The average Bonchev–Trinajstić information content (AvgIpc) is 3.05. The molecule has 92 valence electrons. The van der Waals surface area contributed by atoms with Crippen molar-refractivity contribution >= 4 is 5.69 Å². The van der Waals surface area contributed by atoms with E-state index in [9.17, 15) is 10.1 Å². The molecule has 1 heterocycles. The molecule has 1 aromatic rings. The van der Waals surface area contributed by atoms with Crippen molar-refractivity contribution in [2.45, 2.75) is 12.5 Å².